The number of methoxy groups -OCH3 is 2. The van der Waals surface area contributed by atoms with E-state index >= 15 is 0 Å². The minimum Gasteiger partial charge on any atom is -0.388 e. The second-order valence-corrected chi connectivity index (χ2v) is 3.34. The Labute approximate surface area is 103 Å². The topological polar surface area (TPSA) is 93.8 Å². The van der Waals surface area contributed by atoms with Crippen LogP contribution >= 0.6 is 0 Å². The summed E-state index contributed by atoms with van der Waals surface area (Å²) in [6.45, 7) is -1.38. The van der Waals surface area contributed by atoms with Crippen molar-refractivity contribution in [2.75, 3.05) is 20.8 Å². The molecule has 1 amide bonds. The summed E-state index contributed by atoms with van der Waals surface area (Å²) in [5, 5.41) is 14.7. The summed E-state index contributed by atoms with van der Waals surface area (Å²) in [7, 11) is 2.85. The molecule has 0 aromatic carbocycles. The fraction of sp³-hybridized carbons (Fsp3) is 0.600. The van der Waals surface area contributed by atoms with E-state index in [-0.39, 0.29) is 23.6 Å². The number of aliphatic hydroxyl groups is 1. The van der Waals surface area contributed by atoms with E-state index in [0.29, 0.717) is 0 Å². The summed E-state index contributed by atoms with van der Waals surface area (Å²) in [5.41, 5.74) is -0.242. The van der Waals surface area contributed by atoms with Gasteiger partial charge in [-0.1, -0.05) is 5.16 Å². The van der Waals surface area contributed by atoms with Gasteiger partial charge in [0.2, 0.25) is 0 Å². The first-order valence-electron chi connectivity index (χ1n) is 5.15. The van der Waals surface area contributed by atoms with Gasteiger partial charge in [-0.15, -0.1) is 0 Å². The predicted molar refractivity (Wildman–Crippen MR) is 57.4 cm³/mol. The Kier molecular flexibility index (Phi) is 5.69. The number of amides is 1. The highest BCUT2D eigenvalue weighted by Crippen LogP contribution is 2.15. The van der Waals surface area contributed by atoms with E-state index in [0.717, 1.165) is 0 Å². The molecule has 18 heavy (non-hydrogen) atoms. The van der Waals surface area contributed by atoms with E-state index in [1.807, 2.05) is 0 Å². The van der Waals surface area contributed by atoms with Crippen LogP contribution in [0.1, 0.15) is 21.8 Å². The zero-order valence-electron chi connectivity index (χ0n) is 10.1. The third-order valence-corrected chi connectivity index (χ3v) is 2.32. The molecule has 0 unspecified atom stereocenters. The number of rotatable bonds is 7. The summed E-state index contributed by atoms with van der Waals surface area (Å²) < 4.78 is 27.1. The second kappa shape index (κ2) is 7.04. The van der Waals surface area contributed by atoms with Crippen LogP contribution in [-0.4, -0.2) is 43.2 Å². The SMILES string of the molecule is COC(CNC(=O)c1noc(CO)c1CF)OC. The molecule has 0 aliphatic heterocycles. The molecular formula is C10H15FN2O5. The molecular weight excluding hydrogens is 247 g/mol. The van der Waals surface area contributed by atoms with Crippen LogP contribution in [0.4, 0.5) is 4.39 Å². The molecule has 0 atom stereocenters. The molecule has 0 aliphatic rings. The Balaban J connectivity index is 2.69. The van der Waals surface area contributed by atoms with Gasteiger partial charge in [0, 0.05) is 14.2 Å². The Morgan fingerprint density at radius 3 is 2.72 bits per heavy atom. The number of carbonyl (C=O) groups excluding carboxylic acids is 1. The fourth-order valence-electron chi connectivity index (χ4n) is 1.31. The lowest BCUT2D eigenvalue weighted by Crippen LogP contribution is -2.34. The smallest absolute Gasteiger partial charge is 0.274 e. The van der Waals surface area contributed by atoms with Crippen molar-refractivity contribution in [1.82, 2.24) is 10.5 Å². The third kappa shape index (κ3) is 3.25. The van der Waals surface area contributed by atoms with E-state index in [4.69, 9.17) is 14.6 Å². The lowest BCUT2D eigenvalue weighted by atomic mass is 10.2. The highest BCUT2D eigenvalue weighted by molar-refractivity contribution is 5.93. The molecule has 7 nitrogen and oxygen atoms in total. The van der Waals surface area contributed by atoms with Gasteiger partial charge in [-0.3, -0.25) is 4.79 Å². The summed E-state index contributed by atoms with van der Waals surface area (Å²) >= 11 is 0. The quantitative estimate of drug-likeness (QED) is 0.671. The molecule has 0 saturated heterocycles. The molecule has 1 heterocycles. The molecule has 1 rings (SSSR count). The van der Waals surface area contributed by atoms with Crippen LogP contribution in [0.2, 0.25) is 0 Å². The van der Waals surface area contributed by atoms with Gasteiger partial charge < -0.3 is 24.4 Å². The fourth-order valence-corrected chi connectivity index (χ4v) is 1.31. The molecule has 0 radical (unpaired) electrons. The number of nitrogens with zero attached hydrogens (tertiary/aromatic N) is 1. The highest BCUT2D eigenvalue weighted by atomic mass is 19.1. The molecule has 0 saturated carbocycles. The van der Waals surface area contributed by atoms with E-state index in [2.05, 4.69) is 15.0 Å². The molecule has 1 aromatic heterocycles. The van der Waals surface area contributed by atoms with Gasteiger partial charge in [0.15, 0.2) is 17.7 Å². The van der Waals surface area contributed by atoms with Crippen molar-refractivity contribution in [3.8, 4) is 0 Å². The van der Waals surface area contributed by atoms with E-state index < -0.39 is 25.5 Å². The Morgan fingerprint density at radius 2 is 2.22 bits per heavy atom. The largest absolute Gasteiger partial charge is 0.388 e. The standard InChI is InChI=1S/C10H15FN2O5/c1-16-8(17-2)4-12-10(15)9-6(3-11)7(5-14)18-13-9/h8,14H,3-5H2,1-2H3,(H,12,15). The van der Waals surface area contributed by atoms with Crippen molar-refractivity contribution in [3.05, 3.63) is 17.0 Å². The van der Waals surface area contributed by atoms with Crippen LogP contribution in [0.25, 0.3) is 0 Å². The lowest BCUT2D eigenvalue weighted by molar-refractivity contribution is -0.0974. The van der Waals surface area contributed by atoms with Crippen molar-refractivity contribution >= 4 is 5.91 Å². The van der Waals surface area contributed by atoms with Crippen molar-refractivity contribution in [2.24, 2.45) is 0 Å². The minimum atomic E-state index is -0.944. The number of nitrogens with one attached hydrogen (secondary N) is 1. The van der Waals surface area contributed by atoms with E-state index in [9.17, 15) is 9.18 Å². The summed E-state index contributed by atoms with van der Waals surface area (Å²) in [6.07, 6.45) is -0.605. The average molecular weight is 262 g/mol. The normalized spacial score (nSPS) is 10.9. The number of alkyl halides is 1. The maximum Gasteiger partial charge on any atom is 0.274 e. The number of hydrogen-bond donors (Lipinski definition) is 2. The number of halogens is 1. The zero-order valence-corrected chi connectivity index (χ0v) is 10.1. The van der Waals surface area contributed by atoms with Crippen molar-refractivity contribution in [3.63, 3.8) is 0 Å². The van der Waals surface area contributed by atoms with Gasteiger partial charge in [0.05, 0.1) is 12.1 Å². The summed E-state index contributed by atoms with van der Waals surface area (Å²) in [5.74, 6) is -0.678. The zero-order chi connectivity index (χ0) is 13.5. The summed E-state index contributed by atoms with van der Waals surface area (Å²) in [6, 6.07) is 0. The van der Waals surface area contributed by atoms with Crippen LogP contribution < -0.4 is 5.32 Å². The highest BCUT2D eigenvalue weighted by Gasteiger charge is 2.21. The maximum atomic E-state index is 12.7. The molecule has 1 aromatic rings. The monoisotopic (exact) mass is 262 g/mol. The number of hydrogen-bond acceptors (Lipinski definition) is 6. The van der Waals surface area contributed by atoms with Gasteiger partial charge in [-0.25, -0.2) is 4.39 Å². The average Bonchev–Trinajstić information content (AvgIpc) is 2.82. The Morgan fingerprint density at radius 1 is 1.56 bits per heavy atom. The van der Waals surface area contributed by atoms with Crippen LogP contribution in [0.15, 0.2) is 4.52 Å². The molecule has 0 aliphatic carbocycles. The summed E-state index contributed by atoms with van der Waals surface area (Å²) in [4.78, 5) is 11.7. The molecule has 0 spiro atoms. The molecule has 0 bridgehead atoms. The van der Waals surface area contributed by atoms with Crippen molar-refractivity contribution in [2.45, 2.75) is 19.6 Å². The van der Waals surface area contributed by atoms with Crippen LogP contribution in [0, 0.1) is 0 Å². The number of aromatic nitrogens is 1. The second-order valence-electron chi connectivity index (χ2n) is 3.34. The van der Waals surface area contributed by atoms with Crippen LogP contribution in [0.3, 0.4) is 0 Å². The number of carbonyl (C=O) groups is 1. The molecule has 8 heteroatoms. The van der Waals surface area contributed by atoms with E-state index in [1.54, 1.807) is 0 Å². The first kappa shape index (κ1) is 14.6. The Bertz CT molecular complexity index is 392. The lowest BCUT2D eigenvalue weighted by Gasteiger charge is -2.13. The van der Waals surface area contributed by atoms with Gasteiger partial charge in [-0.2, -0.15) is 0 Å². The van der Waals surface area contributed by atoms with Gasteiger partial charge >= 0.3 is 0 Å². The van der Waals surface area contributed by atoms with Crippen molar-refractivity contribution < 1.29 is 28.3 Å². The maximum absolute atomic E-state index is 12.7. The van der Waals surface area contributed by atoms with Gasteiger partial charge in [-0.05, 0) is 0 Å². The van der Waals surface area contributed by atoms with Gasteiger partial charge in [0.25, 0.3) is 5.91 Å². The third-order valence-electron chi connectivity index (χ3n) is 2.32. The van der Waals surface area contributed by atoms with Crippen molar-refractivity contribution in [1.29, 1.82) is 0 Å². The number of ether oxygens (including phenoxy) is 2. The van der Waals surface area contributed by atoms with Crippen LogP contribution in [-0.2, 0) is 22.8 Å². The first-order chi connectivity index (χ1) is 8.67. The Hall–Kier alpha value is -1.51. The van der Waals surface area contributed by atoms with Crippen LogP contribution in [0.5, 0.6) is 0 Å². The predicted octanol–water partition coefficient (Wildman–Crippen LogP) is -0.0149. The van der Waals surface area contributed by atoms with E-state index in [1.165, 1.54) is 14.2 Å². The molecule has 0 fully saturated rings. The molecule has 2 N–H and O–H groups in total. The van der Waals surface area contributed by atoms with Gasteiger partial charge in [0.1, 0.15) is 13.3 Å². The molecule has 102 valence electrons. The number of aliphatic hydroxyl groups excluding tert-OH is 1. The first-order valence-corrected chi connectivity index (χ1v) is 5.15. The minimum absolute atomic E-state index is 0.0543.